The van der Waals surface area contributed by atoms with Gasteiger partial charge in [0, 0.05) is 19.6 Å². The van der Waals surface area contributed by atoms with Crippen LogP contribution in [0.15, 0.2) is 12.7 Å². The molecule has 0 radical (unpaired) electrons. The minimum Gasteiger partial charge on any atom is -0.342 e. The third kappa shape index (κ3) is 3.50. The Morgan fingerprint density at radius 2 is 2.21 bits per heavy atom. The van der Waals surface area contributed by atoms with E-state index < -0.39 is 0 Å². The van der Waals surface area contributed by atoms with E-state index in [-0.39, 0.29) is 5.91 Å². The van der Waals surface area contributed by atoms with Crippen molar-refractivity contribution < 1.29 is 4.79 Å². The van der Waals surface area contributed by atoms with Crippen LogP contribution in [0, 0.1) is 5.92 Å². The van der Waals surface area contributed by atoms with E-state index in [1.807, 2.05) is 4.90 Å². The van der Waals surface area contributed by atoms with Gasteiger partial charge in [-0.3, -0.25) is 4.79 Å². The van der Waals surface area contributed by atoms with Crippen LogP contribution in [0.2, 0.25) is 0 Å². The Kier molecular flexibility index (Phi) is 4.66. The van der Waals surface area contributed by atoms with Crippen molar-refractivity contribution in [2.75, 3.05) is 26.2 Å². The molecule has 0 spiro atoms. The van der Waals surface area contributed by atoms with Crippen LogP contribution >= 0.6 is 0 Å². The predicted molar refractivity (Wildman–Crippen MR) is 58.0 cm³/mol. The Hall–Kier alpha value is -0.830. The van der Waals surface area contributed by atoms with E-state index in [1.54, 1.807) is 6.08 Å². The fourth-order valence-electron chi connectivity index (χ4n) is 1.65. The van der Waals surface area contributed by atoms with Crippen LogP contribution in [0.3, 0.4) is 0 Å². The lowest BCUT2D eigenvalue weighted by Gasteiger charge is -2.30. The first-order chi connectivity index (χ1) is 6.74. The first-order valence-corrected chi connectivity index (χ1v) is 5.33. The fourth-order valence-corrected chi connectivity index (χ4v) is 1.65. The Morgan fingerprint density at radius 3 is 2.79 bits per heavy atom. The number of amides is 1. The molecule has 1 aliphatic rings. The van der Waals surface area contributed by atoms with E-state index in [0.717, 1.165) is 31.8 Å². The summed E-state index contributed by atoms with van der Waals surface area (Å²) in [5.41, 5.74) is 0. The van der Waals surface area contributed by atoms with Gasteiger partial charge in [0.1, 0.15) is 0 Å². The molecule has 0 aliphatic carbocycles. The third-order valence-electron chi connectivity index (χ3n) is 2.70. The van der Waals surface area contributed by atoms with Crippen molar-refractivity contribution in [3.8, 4) is 0 Å². The van der Waals surface area contributed by atoms with Crippen molar-refractivity contribution in [3.05, 3.63) is 12.7 Å². The number of nitrogens with one attached hydrogen (secondary N) is 1. The molecular weight excluding hydrogens is 176 g/mol. The number of rotatable bonds is 4. The molecule has 1 amide bonds. The third-order valence-corrected chi connectivity index (χ3v) is 2.70. The molecule has 14 heavy (non-hydrogen) atoms. The highest BCUT2D eigenvalue weighted by atomic mass is 16.2. The number of carbonyl (C=O) groups excluding carboxylic acids is 1. The van der Waals surface area contributed by atoms with E-state index in [2.05, 4.69) is 18.8 Å². The maximum absolute atomic E-state index is 11.6. The van der Waals surface area contributed by atoms with Crippen LogP contribution in [-0.4, -0.2) is 37.0 Å². The van der Waals surface area contributed by atoms with Crippen molar-refractivity contribution in [1.82, 2.24) is 10.2 Å². The highest BCUT2D eigenvalue weighted by Gasteiger charge is 2.19. The van der Waals surface area contributed by atoms with E-state index >= 15 is 0 Å². The minimum absolute atomic E-state index is 0.221. The Bertz CT molecular complexity index is 195. The van der Waals surface area contributed by atoms with Crippen molar-refractivity contribution >= 4 is 5.91 Å². The zero-order chi connectivity index (χ0) is 10.4. The molecule has 1 heterocycles. The maximum atomic E-state index is 11.6. The quantitative estimate of drug-likeness (QED) is 0.538. The normalized spacial score (nSPS) is 18.2. The molecule has 3 nitrogen and oxygen atoms in total. The second-order valence-corrected chi connectivity index (χ2v) is 3.98. The summed E-state index contributed by atoms with van der Waals surface area (Å²) < 4.78 is 0. The minimum atomic E-state index is 0.221. The summed E-state index contributed by atoms with van der Waals surface area (Å²) in [4.78, 5) is 13.6. The predicted octanol–water partition coefficient (Wildman–Crippen LogP) is 1.02. The van der Waals surface area contributed by atoms with Gasteiger partial charge in [-0.05, 0) is 18.8 Å². The average Bonchev–Trinajstić information content (AvgIpc) is 2.19. The summed E-state index contributed by atoms with van der Waals surface area (Å²) in [6, 6.07) is 0. The van der Waals surface area contributed by atoms with Gasteiger partial charge in [-0.15, -0.1) is 6.58 Å². The SMILES string of the molecule is C=CCNCC(=O)N1CCC(C)CC1. The summed E-state index contributed by atoms with van der Waals surface area (Å²) in [5.74, 6) is 0.999. The summed E-state index contributed by atoms with van der Waals surface area (Å²) in [5, 5.41) is 3.03. The van der Waals surface area contributed by atoms with Gasteiger partial charge in [0.05, 0.1) is 6.54 Å². The van der Waals surface area contributed by atoms with Crippen molar-refractivity contribution in [1.29, 1.82) is 0 Å². The van der Waals surface area contributed by atoms with Gasteiger partial charge in [-0.25, -0.2) is 0 Å². The first kappa shape index (κ1) is 11.2. The zero-order valence-electron chi connectivity index (χ0n) is 8.96. The lowest BCUT2D eigenvalue weighted by atomic mass is 9.99. The molecule has 80 valence electrons. The summed E-state index contributed by atoms with van der Waals surface area (Å²) in [6.45, 7) is 8.84. The van der Waals surface area contributed by atoms with Crippen LogP contribution in [-0.2, 0) is 4.79 Å². The van der Waals surface area contributed by atoms with Gasteiger partial charge in [-0.1, -0.05) is 13.0 Å². The molecular formula is C11H20N2O. The largest absolute Gasteiger partial charge is 0.342 e. The molecule has 0 atom stereocenters. The molecule has 1 aliphatic heterocycles. The average molecular weight is 196 g/mol. The van der Waals surface area contributed by atoms with E-state index in [4.69, 9.17) is 0 Å². The van der Waals surface area contributed by atoms with Crippen LogP contribution in [0.1, 0.15) is 19.8 Å². The van der Waals surface area contributed by atoms with Crippen molar-refractivity contribution in [2.24, 2.45) is 5.92 Å². The molecule has 1 fully saturated rings. The first-order valence-electron chi connectivity index (χ1n) is 5.33. The van der Waals surface area contributed by atoms with E-state index in [9.17, 15) is 4.79 Å². The van der Waals surface area contributed by atoms with Crippen LogP contribution in [0.25, 0.3) is 0 Å². The topological polar surface area (TPSA) is 32.3 Å². The zero-order valence-corrected chi connectivity index (χ0v) is 8.96. The van der Waals surface area contributed by atoms with E-state index in [0.29, 0.717) is 13.1 Å². The Balaban J connectivity index is 2.20. The van der Waals surface area contributed by atoms with Gasteiger partial charge >= 0.3 is 0 Å². The van der Waals surface area contributed by atoms with Gasteiger partial charge in [0.2, 0.25) is 5.91 Å². The van der Waals surface area contributed by atoms with Crippen molar-refractivity contribution in [3.63, 3.8) is 0 Å². The lowest BCUT2D eigenvalue weighted by Crippen LogP contribution is -2.42. The van der Waals surface area contributed by atoms with Gasteiger partial charge in [-0.2, -0.15) is 0 Å². The molecule has 0 saturated carbocycles. The highest BCUT2D eigenvalue weighted by Crippen LogP contribution is 2.15. The van der Waals surface area contributed by atoms with Crippen LogP contribution in [0.4, 0.5) is 0 Å². The molecule has 0 aromatic carbocycles. The second-order valence-electron chi connectivity index (χ2n) is 3.98. The van der Waals surface area contributed by atoms with Gasteiger partial charge < -0.3 is 10.2 Å². The smallest absolute Gasteiger partial charge is 0.236 e. The molecule has 1 rings (SSSR count). The number of likely N-dealkylation sites (tertiary alicyclic amines) is 1. The number of hydrogen-bond acceptors (Lipinski definition) is 2. The summed E-state index contributed by atoms with van der Waals surface area (Å²) in [7, 11) is 0. The monoisotopic (exact) mass is 196 g/mol. The molecule has 3 heteroatoms. The standard InChI is InChI=1S/C11H20N2O/c1-3-6-12-9-11(14)13-7-4-10(2)5-8-13/h3,10,12H,1,4-9H2,2H3. The van der Waals surface area contributed by atoms with Crippen LogP contribution < -0.4 is 5.32 Å². The molecule has 0 aromatic heterocycles. The lowest BCUT2D eigenvalue weighted by molar-refractivity contribution is -0.131. The summed E-state index contributed by atoms with van der Waals surface area (Å²) in [6.07, 6.45) is 4.06. The van der Waals surface area contributed by atoms with Gasteiger partial charge in [0.25, 0.3) is 0 Å². The number of piperidine rings is 1. The maximum Gasteiger partial charge on any atom is 0.236 e. The number of hydrogen-bond donors (Lipinski definition) is 1. The number of nitrogens with zero attached hydrogens (tertiary/aromatic N) is 1. The van der Waals surface area contributed by atoms with Crippen LogP contribution in [0.5, 0.6) is 0 Å². The van der Waals surface area contributed by atoms with Gasteiger partial charge in [0.15, 0.2) is 0 Å². The van der Waals surface area contributed by atoms with E-state index in [1.165, 1.54) is 0 Å². The second kappa shape index (κ2) is 5.81. The Labute approximate surface area is 86.2 Å². The van der Waals surface area contributed by atoms with Crippen molar-refractivity contribution in [2.45, 2.75) is 19.8 Å². The molecule has 0 aromatic rings. The number of carbonyl (C=O) groups is 1. The Morgan fingerprint density at radius 1 is 1.57 bits per heavy atom. The molecule has 0 bridgehead atoms. The molecule has 1 N–H and O–H groups in total. The molecule has 1 saturated heterocycles. The highest BCUT2D eigenvalue weighted by molar-refractivity contribution is 5.78. The fraction of sp³-hybridized carbons (Fsp3) is 0.727. The summed E-state index contributed by atoms with van der Waals surface area (Å²) >= 11 is 0. The molecule has 0 unspecified atom stereocenters.